The van der Waals surface area contributed by atoms with Crippen LogP contribution in [0.1, 0.15) is 23.2 Å². The van der Waals surface area contributed by atoms with Crippen molar-refractivity contribution in [2.45, 2.75) is 24.9 Å². The summed E-state index contributed by atoms with van der Waals surface area (Å²) < 4.78 is 18.5. The van der Waals surface area contributed by atoms with Crippen molar-refractivity contribution in [1.29, 1.82) is 0 Å². The number of ketones is 1. The van der Waals surface area contributed by atoms with Gasteiger partial charge in [-0.1, -0.05) is 29.8 Å². The molecule has 1 saturated carbocycles. The number of esters is 1. The van der Waals surface area contributed by atoms with Crippen molar-refractivity contribution < 1.29 is 18.7 Å². The monoisotopic (exact) mass is 345 g/mol. The minimum Gasteiger partial charge on any atom is -0.460 e. The SMILES string of the molecule is C=CC(=O)OCC(NC1CC1)C(=O)c1cc(F)c(Cl)cc1Cl. The third-order valence-electron chi connectivity index (χ3n) is 3.17. The lowest BCUT2D eigenvalue weighted by molar-refractivity contribution is -0.138. The fraction of sp³-hybridized carbons (Fsp3) is 0.333. The van der Waals surface area contributed by atoms with E-state index in [0.717, 1.165) is 25.0 Å². The minimum absolute atomic E-state index is 0.00336. The van der Waals surface area contributed by atoms with Crippen molar-refractivity contribution >= 4 is 35.0 Å². The van der Waals surface area contributed by atoms with Crippen molar-refractivity contribution in [2.75, 3.05) is 6.61 Å². The molecule has 0 radical (unpaired) electrons. The van der Waals surface area contributed by atoms with E-state index in [4.69, 9.17) is 27.9 Å². The fourth-order valence-corrected chi connectivity index (χ4v) is 2.33. The van der Waals surface area contributed by atoms with Crippen molar-refractivity contribution in [2.24, 2.45) is 0 Å². The number of halogens is 3. The molecule has 1 aliphatic rings. The smallest absolute Gasteiger partial charge is 0.330 e. The van der Waals surface area contributed by atoms with E-state index in [-0.39, 0.29) is 28.3 Å². The average molecular weight is 346 g/mol. The molecule has 0 aromatic heterocycles. The van der Waals surface area contributed by atoms with Crippen molar-refractivity contribution in [3.63, 3.8) is 0 Å². The standard InChI is InChI=1S/C15H14Cl2FNO3/c1-2-14(20)22-7-13(19-8-3-4-8)15(21)9-5-12(18)11(17)6-10(9)16/h2,5-6,8,13,19H,1,3-4,7H2. The van der Waals surface area contributed by atoms with Gasteiger partial charge in [-0.2, -0.15) is 0 Å². The molecule has 0 saturated heterocycles. The Bertz CT molecular complexity index is 617. The van der Waals surface area contributed by atoms with Gasteiger partial charge in [0.2, 0.25) is 0 Å². The molecule has 1 fully saturated rings. The summed E-state index contributed by atoms with van der Waals surface area (Å²) in [6.07, 6.45) is 2.87. The van der Waals surface area contributed by atoms with Crippen molar-refractivity contribution in [3.8, 4) is 0 Å². The Balaban J connectivity index is 2.18. The molecule has 1 aromatic carbocycles. The third-order valence-corrected chi connectivity index (χ3v) is 3.77. The van der Waals surface area contributed by atoms with Gasteiger partial charge < -0.3 is 10.1 Å². The van der Waals surface area contributed by atoms with Crippen LogP contribution in [0.15, 0.2) is 24.8 Å². The van der Waals surface area contributed by atoms with E-state index in [9.17, 15) is 14.0 Å². The van der Waals surface area contributed by atoms with Crippen LogP contribution in [0.2, 0.25) is 10.0 Å². The van der Waals surface area contributed by atoms with E-state index in [1.54, 1.807) is 0 Å². The maximum atomic E-state index is 13.6. The van der Waals surface area contributed by atoms with Crippen LogP contribution in [0.5, 0.6) is 0 Å². The summed E-state index contributed by atoms with van der Waals surface area (Å²) in [6.45, 7) is 3.11. The molecular weight excluding hydrogens is 332 g/mol. The number of benzene rings is 1. The van der Waals surface area contributed by atoms with Gasteiger partial charge in [0.1, 0.15) is 18.5 Å². The summed E-state index contributed by atoms with van der Waals surface area (Å²) >= 11 is 11.6. The number of hydrogen-bond donors (Lipinski definition) is 1. The fourth-order valence-electron chi connectivity index (χ4n) is 1.86. The third kappa shape index (κ3) is 4.29. The topological polar surface area (TPSA) is 55.4 Å². The van der Waals surface area contributed by atoms with Crippen LogP contribution in [-0.4, -0.2) is 30.4 Å². The molecular formula is C15H14Cl2FNO3. The lowest BCUT2D eigenvalue weighted by Crippen LogP contribution is -2.42. The first-order valence-electron chi connectivity index (χ1n) is 6.66. The molecule has 1 N–H and O–H groups in total. The molecule has 7 heteroatoms. The lowest BCUT2D eigenvalue weighted by atomic mass is 10.0. The zero-order valence-electron chi connectivity index (χ0n) is 11.6. The molecule has 0 amide bonds. The Morgan fingerprint density at radius 1 is 1.41 bits per heavy atom. The highest BCUT2D eigenvalue weighted by molar-refractivity contribution is 6.37. The highest BCUT2D eigenvalue weighted by atomic mass is 35.5. The second-order valence-corrected chi connectivity index (χ2v) is 5.75. The molecule has 0 heterocycles. The summed E-state index contributed by atoms with van der Waals surface area (Å²) in [7, 11) is 0. The van der Waals surface area contributed by atoms with Crippen molar-refractivity contribution in [1.82, 2.24) is 5.32 Å². The Kier molecular flexibility index (Phi) is 5.56. The van der Waals surface area contributed by atoms with Gasteiger partial charge in [0.15, 0.2) is 5.78 Å². The van der Waals surface area contributed by atoms with E-state index in [2.05, 4.69) is 11.9 Å². The summed E-state index contributed by atoms with van der Waals surface area (Å²) in [4.78, 5) is 23.7. The zero-order chi connectivity index (χ0) is 16.3. The van der Waals surface area contributed by atoms with Gasteiger partial charge >= 0.3 is 5.97 Å². The highest BCUT2D eigenvalue weighted by Gasteiger charge is 2.31. The summed E-state index contributed by atoms with van der Waals surface area (Å²) in [5, 5.41) is 2.94. The molecule has 1 unspecified atom stereocenters. The molecule has 1 aliphatic carbocycles. The second-order valence-electron chi connectivity index (χ2n) is 4.94. The quantitative estimate of drug-likeness (QED) is 0.357. The molecule has 4 nitrogen and oxygen atoms in total. The van der Waals surface area contributed by atoms with Crippen LogP contribution in [0.3, 0.4) is 0 Å². The first-order chi connectivity index (χ1) is 10.4. The van der Waals surface area contributed by atoms with Gasteiger partial charge in [-0.15, -0.1) is 0 Å². The molecule has 118 valence electrons. The van der Waals surface area contributed by atoms with Crippen LogP contribution in [0.25, 0.3) is 0 Å². The molecule has 1 aromatic rings. The number of rotatable bonds is 7. The van der Waals surface area contributed by atoms with Crippen LogP contribution in [0, 0.1) is 5.82 Å². The van der Waals surface area contributed by atoms with Gasteiger partial charge in [-0.05, 0) is 25.0 Å². The van der Waals surface area contributed by atoms with Gasteiger partial charge in [0, 0.05) is 17.7 Å². The maximum Gasteiger partial charge on any atom is 0.330 e. The predicted octanol–water partition coefficient (Wildman–Crippen LogP) is 3.17. The largest absolute Gasteiger partial charge is 0.460 e. The number of hydrogen-bond acceptors (Lipinski definition) is 4. The zero-order valence-corrected chi connectivity index (χ0v) is 13.1. The first-order valence-corrected chi connectivity index (χ1v) is 7.42. The van der Waals surface area contributed by atoms with E-state index in [0.29, 0.717) is 0 Å². The predicted molar refractivity (Wildman–Crippen MR) is 81.9 cm³/mol. The summed E-state index contributed by atoms with van der Waals surface area (Å²) in [6, 6.07) is 1.56. The van der Waals surface area contributed by atoms with Gasteiger partial charge in [-0.3, -0.25) is 4.79 Å². The molecule has 0 bridgehead atoms. The van der Waals surface area contributed by atoms with Crippen LogP contribution < -0.4 is 5.32 Å². The normalized spacial score (nSPS) is 15.2. The van der Waals surface area contributed by atoms with E-state index < -0.39 is 23.6 Å². The van der Waals surface area contributed by atoms with Crippen LogP contribution in [0.4, 0.5) is 4.39 Å². The Morgan fingerprint density at radius 2 is 2.09 bits per heavy atom. The minimum atomic E-state index is -0.797. The maximum absolute atomic E-state index is 13.6. The van der Waals surface area contributed by atoms with E-state index in [1.165, 1.54) is 6.07 Å². The first kappa shape index (κ1) is 16.9. The number of nitrogens with one attached hydrogen (secondary N) is 1. The number of carbonyl (C=O) groups excluding carboxylic acids is 2. The summed E-state index contributed by atoms with van der Waals surface area (Å²) in [5.74, 6) is -1.82. The van der Waals surface area contributed by atoms with Gasteiger partial charge in [0.05, 0.1) is 10.0 Å². The number of carbonyl (C=O) groups is 2. The van der Waals surface area contributed by atoms with Gasteiger partial charge in [-0.25, -0.2) is 9.18 Å². The Hall–Kier alpha value is -1.43. The molecule has 22 heavy (non-hydrogen) atoms. The highest BCUT2D eigenvalue weighted by Crippen LogP contribution is 2.26. The van der Waals surface area contributed by atoms with Gasteiger partial charge in [0.25, 0.3) is 0 Å². The lowest BCUT2D eigenvalue weighted by Gasteiger charge is -2.18. The summed E-state index contributed by atoms with van der Waals surface area (Å²) in [5.41, 5.74) is -0.00336. The Morgan fingerprint density at radius 3 is 2.68 bits per heavy atom. The second kappa shape index (κ2) is 7.22. The molecule has 0 spiro atoms. The van der Waals surface area contributed by atoms with E-state index >= 15 is 0 Å². The molecule has 1 atom stereocenters. The number of ether oxygens (including phenoxy) is 1. The Labute approximate surface area is 137 Å². The molecule has 0 aliphatic heterocycles. The van der Waals surface area contributed by atoms with E-state index in [1.807, 2.05) is 0 Å². The van der Waals surface area contributed by atoms with Crippen LogP contribution >= 0.6 is 23.2 Å². The van der Waals surface area contributed by atoms with Crippen molar-refractivity contribution in [3.05, 3.63) is 46.2 Å². The average Bonchev–Trinajstić information content (AvgIpc) is 3.30. The molecule has 2 rings (SSSR count). The number of Topliss-reactive ketones (excluding diaryl/α,β-unsaturated/α-hetero) is 1. The van der Waals surface area contributed by atoms with Crippen LogP contribution in [-0.2, 0) is 9.53 Å².